The van der Waals surface area contributed by atoms with E-state index in [0.29, 0.717) is 23.1 Å². The third kappa shape index (κ3) is 4.61. The quantitative estimate of drug-likeness (QED) is 0.486. The maximum Gasteiger partial charge on any atom is 0.166 e. The van der Waals surface area contributed by atoms with E-state index in [1.165, 1.54) is 56.9 Å². The topological polar surface area (TPSA) is 9.23 Å². The van der Waals surface area contributed by atoms with Crippen LogP contribution in [0.15, 0.2) is 36.4 Å². The molecule has 0 amide bonds. The minimum Gasteiger partial charge on any atom is -0.378 e. The Balaban J connectivity index is 1.34. The maximum absolute atomic E-state index is 14.3. The molecule has 162 valence electrons. The van der Waals surface area contributed by atoms with Crippen LogP contribution in [-0.2, 0) is 4.74 Å². The molecule has 1 saturated carbocycles. The molecular formula is C27H34F2O. The minimum absolute atomic E-state index is 0.340. The fraction of sp³-hybridized carbons (Fsp3) is 0.556. The lowest BCUT2D eigenvalue weighted by Gasteiger charge is -2.38. The van der Waals surface area contributed by atoms with Crippen LogP contribution < -0.4 is 0 Å². The van der Waals surface area contributed by atoms with E-state index >= 15 is 0 Å². The van der Waals surface area contributed by atoms with Gasteiger partial charge in [0, 0.05) is 5.56 Å². The highest BCUT2D eigenvalue weighted by molar-refractivity contribution is 5.65. The van der Waals surface area contributed by atoms with Gasteiger partial charge in [-0.3, -0.25) is 0 Å². The van der Waals surface area contributed by atoms with E-state index in [1.54, 1.807) is 19.1 Å². The Labute approximate surface area is 179 Å². The van der Waals surface area contributed by atoms with Crippen LogP contribution in [0.25, 0.3) is 11.1 Å². The lowest BCUT2D eigenvalue weighted by atomic mass is 9.72. The zero-order valence-electron chi connectivity index (χ0n) is 18.3. The van der Waals surface area contributed by atoms with Gasteiger partial charge in [0.25, 0.3) is 0 Å². The Hall–Kier alpha value is -1.74. The molecule has 2 unspecified atom stereocenters. The van der Waals surface area contributed by atoms with Crippen LogP contribution in [0, 0.1) is 30.4 Å². The van der Waals surface area contributed by atoms with Crippen molar-refractivity contribution in [2.75, 3.05) is 6.61 Å². The van der Waals surface area contributed by atoms with Crippen molar-refractivity contribution in [2.24, 2.45) is 11.8 Å². The second-order valence-electron chi connectivity index (χ2n) is 9.37. The molecule has 3 heteroatoms. The van der Waals surface area contributed by atoms with Crippen LogP contribution >= 0.6 is 0 Å². The first-order chi connectivity index (χ1) is 14.6. The zero-order chi connectivity index (χ0) is 21.1. The molecule has 1 saturated heterocycles. The third-order valence-corrected chi connectivity index (χ3v) is 7.42. The normalized spacial score (nSPS) is 27.2. The fourth-order valence-electron chi connectivity index (χ4n) is 5.48. The highest BCUT2D eigenvalue weighted by atomic mass is 19.2. The van der Waals surface area contributed by atoms with Crippen LogP contribution in [0.3, 0.4) is 0 Å². The molecule has 1 heterocycles. The first kappa shape index (κ1) is 21.5. The largest absolute Gasteiger partial charge is 0.378 e. The van der Waals surface area contributed by atoms with Gasteiger partial charge in [0.15, 0.2) is 11.6 Å². The van der Waals surface area contributed by atoms with Gasteiger partial charge in [0.2, 0.25) is 0 Å². The first-order valence-corrected chi connectivity index (χ1v) is 11.7. The second-order valence-corrected chi connectivity index (χ2v) is 9.37. The molecule has 2 fully saturated rings. The van der Waals surface area contributed by atoms with Crippen LogP contribution in [-0.4, -0.2) is 12.7 Å². The molecule has 0 bridgehead atoms. The summed E-state index contributed by atoms with van der Waals surface area (Å²) in [4.78, 5) is 0. The average Bonchev–Trinajstić information content (AvgIpc) is 2.79. The van der Waals surface area contributed by atoms with E-state index in [9.17, 15) is 8.78 Å². The van der Waals surface area contributed by atoms with Gasteiger partial charge in [-0.05, 0) is 86.3 Å². The number of benzene rings is 2. The van der Waals surface area contributed by atoms with E-state index in [2.05, 4.69) is 19.1 Å². The summed E-state index contributed by atoms with van der Waals surface area (Å²) in [6.45, 7) is 4.77. The van der Waals surface area contributed by atoms with Gasteiger partial charge >= 0.3 is 0 Å². The summed E-state index contributed by atoms with van der Waals surface area (Å²) < 4.78 is 34.3. The van der Waals surface area contributed by atoms with Gasteiger partial charge in [-0.25, -0.2) is 8.78 Å². The van der Waals surface area contributed by atoms with Crippen LogP contribution in [0.5, 0.6) is 0 Å². The Bertz CT molecular complexity index is 829. The van der Waals surface area contributed by atoms with Gasteiger partial charge < -0.3 is 4.74 Å². The van der Waals surface area contributed by atoms with Crippen molar-refractivity contribution in [1.82, 2.24) is 0 Å². The molecule has 0 aromatic heterocycles. The van der Waals surface area contributed by atoms with E-state index in [4.69, 9.17) is 4.74 Å². The lowest BCUT2D eigenvalue weighted by Crippen LogP contribution is -2.32. The molecule has 1 aliphatic carbocycles. The lowest BCUT2D eigenvalue weighted by molar-refractivity contribution is -0.0408. The number of aryl methyl sites for hydroxylation is 1. The second kappa shape index (κ2) is 9.60. The van der Waals surface area contributed by atoms with E-state index in [-0.39, 0.29) is 0 Å². The van der Waals surface area contributed by atoms with Gasteiger partial charge in [-0.15, -0.1) is 0 Å². The summed E-state index contributed by atoms with van der Waals surface area (Å²) in [5.74, 6) is 0.613. The molecule has 0 radical (unpaired) electrons. The smallest absolute Gasteiger partial charge is 0.166 e. The summed E-state index contributed by atoms with van der Waals surface area (Å²) in [5.41, 5.74) is 2.75. The van der Waals surface area contributed by atoms with Crippen LogP contribution in [0.1, 0.15) is 75.3 Å². The van der Waals surface area contributed by atoms with Crippen molar-refractivity contribution in [1.29, 1.82) is 0 Å². The number of rotatable bonds is 5. The Morgan fingerprint density at radius 2 is 1.53 bits per heavy atom. The number of hydrogen-bond donors (Lipinski definition) is 0. The summed E-state index contributed by atoms with van der Waals surface area (Å²) in [5, 5.41) is 0. The molecule has 0 spiro atoms. The van der Waals surface area contributed by atoms with Crippen LogP contribution in [0.2, 0.25) is 0 Å². The van der Waals surface area contributed by atoms with Gasteiger partial charge in [0.1, 0.15) is 0 Å². The molecule has 30 heavy (non-hydrogen) atoms. The SMILES string of the molecule is CCCC1CCC(C2CCC(c3ccc(-c4ccc(C)c(F)c4F)cc3)CC2)CO1. The highest BCUT2D eigenvalue weighted by Gasteiger charge is 2.31. The Morgan fingerprint density at radius 3 is 2.17 bits per heavy atom. The van der Waals surface area contributed by atoms with Crippen molar-refractivity contribution in [3.63, 3.8) is 0 Å². The van der Waals surface area contributed by atoms with Crippen molar-refractivity contribution in [3.05, 3.63) is 59.2 Å². The molecule has 4 rings (SSSR count). The van der Waals surface area contributed by atoms with E-state index in [1.807, 2.05) is 12.1 Å². The van der Waals surface area contributed by atoms with Crippen molar-refractivity contribution < 1.29 is 13.5 Å². The van der Waals surface area contributed by atoms with Crippen molar-refractivity contribution >= 4 is 0 Å². The molecule has 2 aliphatic rings. The van der Waals surface area contributed by atoms with Crippen LogP contribution in [0.4, 0.5) is 8.78 Å². The third-order valence-electron chi connectivity index (χ3n) is 7.42. The monoisotopic (exact) mass is 412 g/mol. The van der Waals surface area contributed by atoms with E-state index < -0.39 is 11.6 Å². The van der Waals surface area contributed by atoms with Crippen molar-refractivity contribution in [2.45, 2.75) is 77.2 Å². The maximum atomic E-state index is 14.3. The predicted molar refractivity (Wildman–Crippen MR) is 119 cm³/mol. The molecule has 2 atom stereocenters. The highest BCUT2D eigenvalue weighted by Crippen LogP contribution is 2.42. The minimum atomic E-state index is -0.751. The van der Waals surface area contributed by atoms with Gasteiger partial charge in [0.05, 0.1) is 12.7 Å². The standard InChI is InChI=1S/C27H34F2O/c1-3-4-24-15-14-23(17-30-24)21-8-6-19(7-9-21)20-10-12-22(13-11-20)25-16-5-18(2)26(28)27(25)29/h5,10-13,16,19,21,23-24H,3-4,6-9,14-15,17H2,1-2H3. The molecule has 1 aliphatic heterocycles. The molecule has 2 aromatic rings. The van der Waals surface area contributed by atoms with Gasteiger partial charge in [-0.2, -0.15) is 0 Å². The number of ether oxygens (including phenoxy) is 1. The van der Waals surface area contributed by atoms with Crippen molar-refractivity contribution in [3.8, 4) is 11.1 Å². The summed E-state index contributed by atoms with van der Waals surface area (Å²) in [6.07, 6.45) is 10.4. The summed E-state index contributed by atoms with van der Waals surface area (Å²) >= 11 is 0. The molecule has 2 aromatic carbocycles. The molecular weight excluding hydrogens is 378 g/mol. The Morgan fingerprint density at radius 1 is 0.833 bits per heavy atom. The van der Waals surface area contributed by atoms with Gasteiger partial charge in [-0.1, -0.05) is 49.7 Å². The van der Waals surface area contributed by atoms with E-state index in [0.717, 1.165) is 24.0 Å². The summed E-state index contributed by atoms with van der Waals surface area (Å²) in [6, 6.07) is 11.4. The average molecular weight is 413 g/mol. The molecule has 1 nitrogen and oxygen atoms in total. The Kier molecular flexibility index (Phi) is 6.87. The number of hydrogen-bond acceptors (Lipinski definition) is 1. The predicted octanol–water partition coefficient (Wildman–Crippen LogP) is 7.81. The fourth-order valence-corrected chi connectivity index (χ4v) is 5.48. The zero-order valence-corrected chi connectivity index (χ0v) is 18.3. The molecule has 0 N–H and O–H groups in total. The first-order valence-electron chi connectivity index (χ1n) is 11.7. The number of halogens is 2. The summed E-state index contributed by atoms with van der Waals surface area (Å²) in [7, 11) is 0.